The number of rotatable bonds is 3. The molecule has 1 rings (SSSR count). The van der Waals surface area contributed by atoms with Gasteiger partial charge in [0.25, 0.3) is 0 Å². The van der Waals surface area contributed by atoms with Crippen LogP contribution in [0.3, 0.4) is 0 Å². The molecule has 69 valence electrons. The average molecular weight is 177 g/mol. The minimum Gasteiger partial charge on any atom is -0.351 e. The number of nitrogens with zero attached hydrogens (tertiary/aromatic N) is 1. The van der Waals surface area contributed by atoms with Crippen LogP contribution in [0.5, 0.6) is 0 Å². The van der Waals surface area contributed by atoms with E-state index in [9.17, 15) is 4.79 Å². The Morgan fingerprint density at radius 2 is 2.38 bits per heavy atom. The summed E-state index contributed by atoms with van der Waals surface area (Å²) in [6.45, 7) is 2.63. The van der Waals surface area contributed by atoms with Gasteiger partial charge in [0.15, 0.2) is 0 Å². The molecule has 2 amide bonds. The number of primary amides is 1. The minimum absolute atomic E-state index is 0.427. The van der Waals surface area contributed by atoms with Crippen LogP contribution in [0, 0.1) is 6.07 Å². The van der Waals surface area contributed by atoms with Gasteiger partial charge in [-0.2, -0.15) is 0 Å². The standard InChI is InChI=1S/C10H13N2O/c1-2-8-12(10(11)13)9-6-4-3-5-7-9/h3-6H,2,8H2,1H3,(H2,11,13). The van der Waals surface area contributed by atoms with Gasteiger partial charge in [-0.15, -0.1) is 0 Å². The smallest absolute Gasteiger partial charge is 0.319 e. The fourth-order valence-corrected chi connectivity index (χ4v) is 1.12. The fourth-order valence-electron chi connectivity index (χ4n) is 1.12. The van der Waals surface area contributed by atoms with Crippen LogP contribution >= 0.6 is 0 Å². The molecule has 0 aliphatic carbocycles. The van der Waals surface area contributed by atoms with Gasteiger partial charge in [-0.05, 0) is 12.5 Å². The number of nitrogens with two attached hydrogens (primary N) is 1. The molecule has 0 aliphatic heterocycles. The van der Waals surface area contributed by atoms with Crippen LogP contribution in [-0.4, -0.2) is 12.6 Å². The highest BCUT2D eigenvalue weighted by atomic mass is 16.2. The summed E-state index contributed by atoms with van der Waals surface area (Å²) < 4.78 is 0. The van der Waals surface area contributed by atoms with E-state index in [1.807, 2.05) is 25.1 Å². The molecular formula is C10H13N2O. The van der Waals surface area contributed by atoms with Crippen LogP contribution in [0.15, 0.2) is 24.3 Å². The summed E-state index contributed by atoms with van der Waals surface area (Å²) in [5.74, 6) is 0. The summed E-state index contributed by atoms with van der Waals surface area (Å²) in [7, 11) is 0. The molecule has 1 aromatic rings. The summed E-state index contributed by atoms with van der Waals surface area (Å²) in [4.78, 5) is 12.5. The zero-order valence-corrected chi connectivity index (χ0v) is 7.66. The van der Waals surface area contributed by atoms with Gasteiger partial charge in [0.05, 0.1) is 5.69 Å². The molecule has 13 heavy (non-hydrogen) atoms. The predicted molar refractivity (Wildman–Crippen MR) is 52.5 cm³/mol. The van der Waals surface area contributed by atoms with Crippen molar-refractivity contribution in [3.63, 3.8) is 0 Å². The molecule has 0 fully saturated rings. The minimum atomic E-state index is -0.427. The summed E-state index contributed by atoms with van der Waals surface area (Å²) in [5, 5.41) is 0. The molecule has 2 N–H and O–H groups in total. The topological polar surface area (TPSA) is 46.3 Å². The lowest BCUT2D eigenvalue weighted by molar-refractivity contribution is 0.254. The molecule has 3 heteroatoms. The highest BCUT2D eigenvalue weighted by molar-refractivity contribution is 5.90. The van der Waals surface area contributed by atoms with Gasteiger partial charge in [-0.3, -0.25) is 4.90 Å². The van der Waals surface area contributed by atoms with E-state index in [0.717, 1.165) is 12.1 Å². The van der Waals surface area contributed by atoms with Crippen LogP contribution in [0.25, 0.3) is 0 Å². The van der Waals surface area contributed by atoms with Gasteiger partial charge in [-0.25, -0.2) is 4.79 Å². The third kappa shape index (κ3) is 2.47. The van der Waals surface area contributed by atoms with Crippen molar-refractivity contribution in [3.8, 4) is 0 Å². The number of para-hydroxylation sites is 1. The number of anilines is 1. The van der Waals surface area contributed by atoms with E-state index in [0.29, 0.717) is 6.54 Å². The Hall–Kier alpha value is -1.51. The van der Waals surface area contributed by atoms with Gasteiger partial charge in [-0.1, -0.05) is 25.1 Å². The Morgan fingerprint density at radius 1 is 1.62 bits per heavy atom. The monoisotopic (exact) mass is 177 g/mol. The first-order valence-electron chi connectivity index (χ1n) is 4.29. The lowest BCUT2D eigenvalue weighted by atomic mass is 10.3. The molecule has 0 saturated carbocycles. The second-order valence-electron chi connectivity index (χ2n) is 2.74. The van der Waals surface area contributed by atoms with E-state index in [4.69, 9.17) is 5.73 Å². The number of urea groups is 1. The Bertz CT molecular complexity index is 272. The zero-order valence-electron chi connectivity index (χ0n) is 7.66. The Labute approximate surface area is 78.2 Å². The summed E-state index contributed by atoms with van der Waals surface area (Å²) >= 11 is 0. The highest BCUT2D eigenvalue weighted by Gasteiger charge is 2.09. The normalized spacial score (nSPS) is 9.62. The van der Waals surface area contributed by atoms with E-state index in [1.54, 1.807) is 6.07 Å². The molecule has 0 aliphatic rings. The molecule has 3 nitrogen and oxygen atoms in total. The lowest BCUT2D eigenvalue weighted by Gasteiger charge is -2.18. The molecule has 0 heterocycles. The van der Waals surface area contributed by atoms with Gasteiger partial charge < -0.3 is 5.73 Å². The molecule has 0 unspecified atom stereocenters. The van der Waals surface area contributed by atoms with Crippen LogP contribution in [0.1, 0.15) is 13.3 Å². The number of hydrogen-bond acceptors (Lipinski definition) is 1. The van der Waals surface area contributed by atoms with Crippen LogP contribution in [0.2, 0.25) is 0 Å². The Morgan fingerprint density at radius 3 is 2.85 bits per heavy atom. The van der Waals surface area contributed by atoms with Gasteiger partial charge in [0, 0.05) is 12.6 Å². The van der Waals surface area contributed by atoms with Crippen molar-refractivity contribution in [2.45, 2.75) is 13.3 Å². The molecular weight excluding hydrogens is 164 g/mol. The molecule has 0 aromatic heterocycles. The third-order valence-corrected chi connectivity index (χ3v) is 1.70. The predicted octanol–water partition coefficient (Wildman–Crippen LogP) is 1.78. The van der Waals surface area contributed by atoms with Crippen molar-refractivity contribution in [3.05, 3.63) is 30.3 Å². The molecule has 0 bridgehead atoms. The van der Waals surface area contributed by atoms with Crippen molar-refractivity contribution < 1.29 is 4.79 Å². The van der Waals surface area contributed by atoms with Crippen molar-refractivity contribution in [1.29, 1.82) is 0 Å². The van der Waals surface area contributed by atoms with E-state index in [2.05, 4.69) is 6.07 Å². The van der Waals surface area contributed by atoms with E-state index < -0.39 is 6.03 Å². The molecule has 0 spiro atoms. The number of hydrogen-bond donors (Lipinski definition) is 1. The maximum Gasteiger partial charge on any atom is 0.319 e. The molecule has 0 saturated heterocycles. The SMILES string of the molecule is CCCN(C(N)=O)c1[c]cccc1. The fraction of sp³-hybridized carbons (Fsp3) is 0.300. The first-order valence-corrected chi connectivity index (χ1v) is 4.29. The van der Waals surface area contributed by atoms with Gasteiger partial charge in [0.2, 0.25) is 0 Å². The molecule has 1 radical (unpaired) electrons. The lowest BCUT2D eigenvalue weighted by Crippen LogP contribution is -2.36. The summed E-state index contributed by atoms with van der Waals surface area (Å²) in [6, 6.07) is 9.83. The maximum atomic E-state index is 11.0. The maximum absolute atomic E-state index is 11.0. The van der Waals surface area contributed by atoms with Gasteiger partial charge >= 0.3 is 6.03 Å². The Balaban J connectivity index is 2.82. The van der Waals surface area contributed by atoms with Crippen molar-refractivity contribution in [1.82, 2.24) is 0 Å². The van der Waals surface area contributed by atoms with Crippen molar-refractivity contribution in [2.24, 2.45) is 5.73 Å². The first kappa shape index (κ1) is 9.58. The van der Waals surface area contributed by atoms with Crippen LogP contribution < -0.4 is 10.6 Å². The number of amides is 2. The van der Waals surface area contributed by atoms with Gasteiger partial charge in [0.1, 0.15) is 0 Å². The molecule has 1 aromatic carbocycles. The van der Waals surface area contributed by atoms with E-state index in [-0.39, 0.29) is 0 Å². The Kier molecular flexibility index (Phi) is 3.31. The first-order chi connectivity index (χ1) is 6.25. The van der Waals surface area contributed by atoms with E-state index in [1.165, 1.54) is 4.90 Å². The van der Waals surface area contributed by atoms with Crippen LogP contribution in [-0.2, 0) is 0 Å². The number of benzene rings is 1. The molecule has 0 atom stereocenters. The zero-order chi connectivity index (χ0) is 9.68. The number of carbonyl (C=O) groups excluding carboxylic acids is 1. The summed E-state index contributed by atoms with van der Waals surface area (Å²) in [5.41, 5.74) is 5.95. The second kappa shape index (κ2) is 4.50. The highest BCUT2D eigenvalue weighted by Crippen LogP contribution is 2.11. The quantitative estimate of drug-likeness (QED) is 0.751. The summed E-state index contributed by atoms with van der Waals surface area (Å²) in [6.07, 6.45) is 0.881. The third-order valence-electron chi connectivity index (χ3n) is 1.70. The van der Waals surface area contributed by atoms with E-state index >= 15 is 0 Å². The largest absolute Gasteiger partial charge is 0.351 e. The van der Waals surface area contributed by atoms with Crippen LogP contribution in [0.4, 0.5) is 10.5 Å². The second-order valence-corrected chi connectivity index (χ2v) is 2.74. The van der Waals surface area contributed by atoms with Crippen molar-refractivity contribution in [2.75, 3.05) is 11.4 Å². The average Bonchev–Trinajstić information content (AvgIpc) is 2.15. The number of carbonyl (C=O) groups is 1. The van der Waals surface area contributed by atoms with Crippen molar-refractivity contribution >= 4 is 11.7 Å².